The summed E-state index contributed by atoms with van der Waals surface area (Å²) < 4.78 is 8.01. The molecule has 0 radical (unpaired) electrons. The highest BCUT2D eigenvalue weighted by molar-refractivity contribution is 5.82. The highest BCUT2D eigenvalue weighted by Crippen LogP contribution is 2.34. The fourth-order valence-electron chi connectivity index (χ4n) is 3.88. The third kappa shape index (κ3) is 2.95. The molecule has 0 spiro atoms. The standard InChI is InChI=1S/C20H27N3O2/c1-20(2,3)19-21-15-8-4-5-9-16(15)23(19)14-12-22(13-14)18(24)17-10-6-7-11-25-17/h4-5,8-9,14,17H,6-7,10-13H2,1-3H3. The summed E-state index contributed by atoms with van der Waals surface area (Å²) >= 11 is 0. The van der Waals surface area contributed by atoms with E-state index < -0.39 is 0 Å². The van der Waals surface area contributed by atoms with Gasteiger partial charge in [0.05, 0.1) is 17.1 Å². The number of carbonyl (C=O) groups is 1. The van der Waals surface area contributed by atoms with Crippen molar-refractivity contribution < 1.29 is 9.53 Å². The van der Waals surface area contributed by atoms with Gasteiger partial charge in [0.2, 0.25) is 0 Å². The summed E-state index contributed by atoms with van der Waals surface area (Å²) in [5, 5.41) is 0. The molecule has 0 N–H and O–H groups in total. The minimum Gasteiger partial charge on any atom is -0.368 e. The number of ether oxygens (including phenoxy) is 1. The number of hydrogen-bond acceptors (Lipinski definition) is 3. The average Bonchev–Trinajstić information content (AvgIpc) is 2.94. The van der Waals surface area contributed by atoms with Crippen molar-refractivity contribution in [2.75, 3.05) is 19.7 Å². The van der Waals surface area contributed by atoms with Crippen molar-refractivity contribution in [3.05, 3.63) is 30.1 Å². The van der Waals surface area contributed by atoms with E-state index in [-0.39, 0.29) is 17.4 Å². The third-order valence-corrected chi connectivity index (χ3v) is 5.26. The number of benzene rings is 1. The fourth-order valence-corrected chi connectivity index (χ4v) is 3.88. The lowest BCUT2D eigenvalue weighted by molar-refractivity contribution is -0.152. The first-order valence-electron chi connectivity index (χ1n) is 9.33. The number of likely N-dealkylation sites (tertiary alicyclic amines) is 1. The molecular weight excluding hydrogens is 314 g/mol. The Morgan fingerprint density at radius 3 is 2.64 bits per heavy atom. The lowest BCUT2D eigenvalue weighted by Crippen LogP contribution is -2.55. The molecule has 1 unspecified atom stereocenters. The van der Waals surface area contributed by atoms with Crippen LogP contribution in [-0.2, 0) is 14.9 Å². The SMILES string of the molecule is CC(C)(C)c1nc2ccccc2n1C1CN(C(=O)C2CCCCO2)C1. The Morgan fingerprint density at radius 1 is 1.20 bits per heavy atom. The van der Waals surface area contributed by atoms with E-state index in [1.54, 1.807) is 0 Å². The molecule has 2 fully saturated rings. The van der Waals surface area contributed by atoms with Gasteiger partial charge in [0.1, 0.15) is 11.9 Å². The molecular formula is C20H27N3O2. The normalized spacial score (nSPS) is 22.2. The van der Waals surface area contributed by atoms with Crippen LogP contribution >= 0.6 is 0 Å². The van der Waals surface area contributed by atoms with E-state index in [9.17, 15) is 4.79 Å². The Labute approximate surface area is 149 Å². The van der Waals surface area contributed by atoms with Gasteiger partial charge < -0.3 is 14.2 Å². The van der Waals surface area contributed by atoms with Crippen molar-refractivity contribution >= 4 is 16.9 Å². The minimum absolute atomic E-state index is 0.0318. The molecule has 0 bridgehead atoms. The molecule has 0 saturated carbocycles. The van der Waals surface area contributed by atoms with Gasteiger partial charge in [-0.25, -0.2) is 4.98 Å². The quantitative estimate of drug-likeness (QED) is 0.842. The van der Waals surface area contributed by atoms with E-state index in [1.165, 1.54) is 5.52 Å². The zero-order chi connectivity index (χ0) is 17.6. The number of rotatable bonds is 2. The molecule has 1 aromatic heterocycles. The second kappa shape index (κ2) is 6.13. The van der Waals surface area contributed by atoms with Crippen LogP contribution < -0.4 is 0 Å². The first-order chi connectivity index (χ1) is 11.9. The Kier molecular flexibility index (Phi) is 4.07. The summed E-state index contributed by atoms with van der Waals surface area (Å²) in [5.41, 5.74) is 2.17. The second-order valence-corrected chi connectivity index (χ2v) is 8.30. The zero-order valence-corrected chi connectivity index (χ0v) is 15.4. The predicted octanol–water partition coefficient (Wildman–Crippen LogP) is 3.29. The Bertz CT molecular complexity index is 778. The molecule has 1 amide bonds. The van der Waals surface area contributed by atoms with Crippen LogP contribution in [0.3, 0.4) is 0 Å². The van der Waals surface area contributed by atoms with Crippen LogP contribution in [0, 0.1) is 0 Å². The number of amides is 1. The maximum atomic E-state index is 12.6. The number of para-hydroxylation sites is 2. The molecule has 5 nitrogen and oxygen atoms in total. The largest absolute Gasteiger partial charge is 0.368 e. The molecule has 134 valence electrons. The number of hydrogen-bond donors (Lipinski definition) is 0. The Hall–Kier alpha value is -1.88. The van der Waals surface area contributed by atoms with E-state index in [1.807, 2.05) is 11.0 Å². The molecule has 5 heteroatoms. The van der Waals surface area contributed by atoms with Crippen LogP contribution in [-0.4, -0.2) is 46.2 Å². The molecule has 2 saturated heterocycles. The van der Waals surface area contributed by atoms with E-state index >= 15 is 0 Å². The molecule has 2 aromatic rings. The summed E-state index contributed by atoms with van der Waals surface area (Å²) in [6, 6.07) is 8.59. The van der Waals surface area contributed by atoms with Crippen LogP contribution in [0.2, 0.25) is 0 Å². The summed E-state index contributed by atoms with van der Waals surface area (Å²) in [6.07, 6.45) is 2.80. The average molecular weight is 341 g/mol. The van der Waals surface area contributed by atoms with Crippen LogP contribution in [0.5, 0.6) is 0 Å². The smallest absolute Gasteiger partial charge is 0.251 e. The number of nitrogens with zero attached hydrogens (tertiary/aromatic N) is 3. The Morgan fingerprint density at radius 2 is 1.96 bits per heavy atom. The lowest BCUT2D eigenvalue weighted by atomic mass is 9.94. The van der Waals surface area contributed by atoms with Gasteiger partial charge in [0.15, 0.2) is 0 Å². The maximum Gasteiger partial charge on any atom is 0.251 e. The first kappa shape index (κ1) is 16.6. The van der Waals surface area contributed by atoms with Crippen molar-refractivity contribution in [2.24, 2.45) is 0 Å². The van der Waals surface area contributed by atoms with E-state index in [0.717, 1.165) is 43.7 Å². The van der Waals surface area contributed by atoms with Crippen LogP contribution in [0.25, 0.3) is 11.0 Å². The van der Waals surface area contributed by atoms with Gasteiger partial charge in [0.25, 0.3) is 5.91 Å². The second-order valence-electron chi connectivity index (χ2n) is 8.30. The molecule has 4 rings (SSSR count). The van der Waals surface area contributed by atoms with Gasteiger partial charge in [-0.2, -0.15) is 0 Å². The van der Waals surface area contributed by atoms with Gasteiger partial charge in [-0.3, -0.25) is 4.79 Å². The Balaban J connectivity index is 1.56. The monoisotopic (exact) mass is 341 g/mol. The summed E-state index contributed by atoms with van der Waals surface area (Å²) in [4.78, 5) is 19.4. The zero-order valence-electron chi connectivity index (χ0n) is 15.4. The van der Waals surface area contributed by atoms with Gasteiger partial charge in [-0.05, 0) is 31.4 Å². The number of aromatic nitrogens is 2. The van der Waals surface area contributed by atoms with Crippen molar-refractivity contribution in [3.63, 3.8) is 0 Å². The van der Waals surface area contributed by atoms with Gasteiger partial charge in [0, 0.05) is 25.1 Å². The van der Waals surface area contributed by atoms with Crippen molar-refractivity contribution in [1.29, 1.82) is 0 Å². The van der Waals surface area contributed by atoms with Crippen molar-refractivity contribution in [2.45, 2.75) is 57.6 Å². The molecule has 2 aliphatic rings. The van der Waals surface area contributed by atoms with Crippen molar-refractivity contribution in [1.82, 2.24) is 14.5 Å². The summed E-state index contributed by atoms with van der Waals surface area (Å²) in [6.45, 7) is 8.81. The highest BCUT2D eigenvalue weighted by atomic mass is 16.5. The predicted molar refractivity (Wildman–Crippen MR) is 97.6 cm³/mol. The first-order valence-corrected chi connectivity index (χ1v) is 9.33. The van der Waals surface area contributed by atoms with Crippen LogP contribution in [0.4, 0.5) is 0 Å². The van der Waals surface area contributed by atoms with Crippen LogP contribution in [0.1, 0.15) is 51.9 Å². The molecule has 1 atom stereocenters. The number of carbonyl (C=O) groups excluding carboxylic acids is 1. The number of imidazole rings is 1. The highest BCUT2D eigenvalue weighted by Gasteiger charge is 2.39. The van der Waals surface area contributed by atoms with Gasteiger partial charge in [-0.15, -0.1) is 0 Å². The van der Waals surface area contributed by atoms with Crippen molar-refractivity contribution in [3.8, 4) is 0 Å². The lowest BCUT2D eigenvalue weighted by Gasteiger charge is -2.43. The van der Waals surface area contributed by atoms with E-state index in [0.29, 0.717) is 12.6 Å². The van der Waals surface area contributed by atoms with Crippen LogP contribution in [0.15, 0.2) is 24.3 Å². The summed E-state index contributed by atoms with van der Waals surface area (Å²) in [7, 11) is 0. The van der Waals surface area contributed by atoms with Gasteiger partial charge in [-0.1, -0.05) is 32.9 Å². The topological polar surface area (TPSA) is 47.4 Å². The van der Waals surface area contributed by atoms with E-state index in [2.05, 4.69) is 43.5 Å². The minimum atomic E-state index is -0.226. The third-order valence-electron chi connectivity index (χ3n) is 5.26. The molecule has 25 heavy (non-hydrogen) atoms. The molecule has 3 heterocycles. The fraction of sp³-hybridized carbons (Fsp3) is 0.600. The molecule has 0 aliphatic carbocycles. The molecule has 1 aromatic carbocycles. The van der Waals surface area contributed by atoms with E-state index in [4.69, 9.17) is 9.72 Å². The number of fused-ring (bicyclic) bond motifs is 1. The van der Waals surface area contributed by atoms with Gasteiger partial charge >= 0.3 is 0 Å². The maximum absolute atomic E-state index is 12.6. The summed E-state index contributed by atoms with van der Waals surface area (Å²) in [5.74, 6) is 1.26. The molecule has 2 aliphatic heterocycles.